The van der Waals surface area contributed by atoms with Gasteiger partial charge in [0.2, 0.25) is 5.91 Å². The SMILES string of the molecule is CC1CC2CNCC2N1C(=O)Cc1noc2ccccc12. The second-order valence-corrected chi connectivity index (χ2v) is 6.17. The molecule has 110 valence electrons. The van der Waals surface area contributed by atoms with Crippen LogP contribution in [-0.4, -0.2) is 41.1 Å². The predicted molar refractivity (Wildman–Crippen MR) is 78.8 cm³/mol. The molecule has 0 spiro atoms. The molecule has 3 heterocycles. The zero-order valence-electron chi connectivity index (χ0n) is 12.1. The van der Waals surface area contributed by atoms with Crippen LogP contribution in [0, 0.1) is 5.92 Å². The van der Waals surface area contributed by atoms with E-state index < -0.39 is 0 Å². The van der Waals surface area contributed by atoms with Crippen LogP contribution in [0.4, 0.5) is 0 Å². The summed E-state index contributed by atoms with van der Waals surface area (Å²) in [5.41, 5.74) is 1.49. The summed E-state index contributed by atoms with van der Waals surface area (Å²) in [6, 6.07) is 8.38. The highest BCUT2D eigenvalue weighted by Gasteiger charge is 2.43. The van der Waals surface area contributed by atoms with Crippen LogP contribution in [0.15, 0.2) is 28.8 Å². The van der Waals surface area contributed by atoms with Crippen molar-refractivity contribution >= 4 is 16.9 Å². The van der Waals surface area contributed by atoms with E-state index in [4.69, 9.17) is 4.52 Å². The number of likely N-dealkylation sites (tertiary alicyclic amines) is 1. The van der Waals surface area contributed by atoms with Gasteiger partial charge in [0, 0.05) is 30.6 Å². The molecule has 3 unspecified atom stereocenters. The number of aromatic nitrogens is 1. The number of nitrogens with zero attached hydrogens (tertiary/aromatic N) is 2. The molecule has 0 saturated carbocycles. The van der Waals surface area contributed by atoms with Crippen molar-refractivity contribution in [3.8, 4) is 0 Å². The van der Waals surface area contributed by atoms with Gasteiger partial charge >= 0.3 is 0 Å². The summed E-state index contributed by atoms with van der Waals surface area (Å²) in [7, 11) is 0. The monoisotopic (exact) mass is 285 g/mol. The molecule has 0 radical (unpaired) electrons. The minimum atomic E-state index is 0.165. The molecule has 3 atom stereocenters. The lowest BCUT2D eigenvalue weighted by atomic mass is 10.0. The zero-order valence-corrected chi connectivity index (χ0v) is 12.1. The summed E-state index contributed by atoms with van der Waals surface area (Å²) in [6.45, 7) is 4.10. The Labute approximate surface area is 123 Å². The van der Waals surface area contributed by atoms with E-state index in [1.54, 1.807) is 0 Å². The van der Waals surface area contributed by atoms with Crippen LogP contribution in [0.25, 0.3) is 11.0 Å². The number of benzene rings is 1. The van der Waals surface area contributed by atoms with E-state index in [1.807, 2.05) is 24.3 Å². The average molecular weight is 285 g/mol. The summed E-state index contributed by atoms with van der Waals surface area (Å²) in [4.78, 5) is 14.8. The van der Waals surface area contributed by atoms with Crippen molar-refractivity contribution in [2.45, 2.75) is 31.8 Å². The van der Waals surface area contributed by atoms with Gasteiger partial charge in [-0.2, -0.15) is 0 Å². The van der Waals surface area contributed by atoms with Gasteiger partial charge in [0.15, 0.2) is 5.58 Å². The third-order valence-electron chi connectivity index (χ3n) is 4.84. The lowest BCUT2D eigenvalue weighted by Crippen LogP contribution is -2.43. The minimum Gasteiger partial charge on any atom is -0.356 e. The van der Waals surface area contributed by atoms with Crippen LogP contribution in [0.2, 0.25) is 0 Å². The normalized spacial score (nSPS) is 28.2. The highest BCUT2D eigenvalue weighted by Crippen LogP contribution is 2.33. The molecule has 5 nitrogen and oxygen atoms in total. The van der Waals surface area contributed by atoms with Gasteiger partial charge in [-0.05, 0) is 31.4 Å². The van der Waals surface area contributed by atoms with E-state index in [9.17, 15) is 4.79 Å². The Bertz CT molecular complexity index is 681. The maximum absolute atomic E-state index is 12.7. The highest BCUT2D eigenvalue weighted by molar-refractivity contribution is 5.86. The zero-order chi connectivity index (χ0) is 14.4. The fraction of sp³-hybridized carbons (Fsp3) is 0.500. The van der Waals surface area contributed by atoms with Gasteiger partial charge in [-0.15, -0.1) is 0 Å². The van der Waals surface area contributed by atoms with Crippen LogP contribution in [-0.2, 0) is 11.2 Å². The Morgan fingerprint density at radius 3 is 3.19 bits per heavy atom. The molecule has 2 aliphatic rings. The first-order valence-electron chi connectivity index (χ1n) is 7.59. The van der Waals surface area contributed by atoms with Crippen LogP contribution in [0.5, 0.6) is 0 Å². The van der Waals surface area contributed by atoms with E-state index in [1.165, 1.54) is 0 Å². The van der Waals surface area contributed by atoms with Gasteiger partial charge in [-0.1, -0.05) is 17.3 Å². The van der Waals surface area contributed by atoms with Crippen molar-refractivity contribution in [3.63, 3.8) is 0 Å². The molecule has 2 fully saturated rings. The number of rotatable bonds is 2. The fourth-order valence-corrected chi connectivity index (χ4v) is 3.89. The van der Waals surface area contributed by atoms with E-state index in [-0.39, 0.29) is 5.91 Å². The lowest BCUT2D eigenvalue weighted by molar-refractivity contribution is -0.133. The number of fused-ring (bicyclic) bond motifs is 2. The van der Waals surface area contributed by atoms with Gasteiger partial charge in [0.25, 0.3) is 0 Å². The Kier molecular flexibility index (Phi) is 2.96. The second-order valence-electron chi connectivity index (χ2n) is 6.17. The average Bonchev–Trinajstić information content (AvgIpc) is 3.13. The van der Waals surface area contributed by atoms with Gasteiger partial charge < -0.3 is 14.7 Å². The molecule has 2 aliphatic heterocycles. The van der Waals surface area contributed by atoms with Crippen molar-refractivity contribution < 1.29 is 9.32 Å². The lowest BCUT2D eigenvalue weighted by Gasteiger charge is -2.27. The summed E-state index contributed by atoms with van der Waals surface area (Å²) in [5.74, 6) is 0.774. The first kappa shape index (κ1) is 12.8. The van der Waals surface area contributed by atoms with Crippen LogP contribution in [0.1, 0.15) is 19.0 Å². The van der Waals surface area contributed by atoms with Crippen LogP contribution >= 0.6 is 0 Å². The van der Waals surface area contributed by atoms with Crippen molar-refractivity contribution in [1.82, 2.24) is 15.4 Å². The van der Waals surface area contributed by atoms with E-state index in [0.717, 1.165) is 36.2 Å². The molecule has 1 amide bonds. The number of nitrogens with one attached hydrogen (secondary N) is 1. The standard InChI is InChI=1S/C16H19N3O2/c1-10-6-11-8-17-9-14(11)19(10)16(20)7-13-12-4-2-3-5-15(12)21-18-13/h2-5,10-11,14,17H,6-9H2,1H3. The summed E-state index contributed by atoms with van der Waals surface area (Å²) in [6.07, 6.45) is 1.42. The molecule has 2 saturated heterocycles. The summed E-state index contributed by atoms with van der Waals surface area (Å²) in [5, 5.41) is 8.41. The Balaban J connectivity index is 1.58. The van der Waals surface area contributed by atoms with Crippen molar-refractivity contribution in [2.75, 3.05) is 13.1 Å². The second kappa shape index (κ2) is 4.84. The smallest absolute Gasteiger partial charge is 0.229 e. The molecule has 0 bridgehead atoms. The molecule has 5 heteroatoms. The summed E-state index contributed by atoms with van der Waals surface area (Å²) >= 11 is 0. The quantitative estimate of drug-likeness (QED) is 0.910. The van der Waals surface area contributed by atoms with Gasteiger partial charge in [-0.3, -0.25) is 4.79 Å². The number of carbonyl (C=O) groups excluding carboxylic acids is 1. The Morgan fingerprint density at radius 2 is 2.29 bits per heavy atom. The molecule has 2 aromatic rings. The van der Waals surface area contributed by atoms with E-state index in [2.05, 4.69) is 22.3 Å². The fourth-order valence-electron chi connectivity index (χ4n) is 3.89. The highest BCUT2D eigenvalue weighted by atomic mass is 16.5. The number of para-hydroxylation sites is 1. The molecule has 21 heavy (non-hydrogen) atoms. The molecule has 0 aliphatic carbocycles. The Hall–Kier alpha value is -1.88. The maximum atomic E-state index is 12.7. The van der Waals surface area contributed by atoms with E-state index >= 15 is 0 Å². The summed E-state index contributed by atoms with van der Waals surface area (Å²) < 4.78 is 5.29. The molecule has 1 aromatic heterocycles. The van der Waals surface area contributed by atoms with E-state index in [0.29, 0.717) is 24.4 Å². The van der Waals surface area contributed by atoms with Crippen LogP contribution < -0.4 is 5.32 Å². The number of hydrogen-bond acceptors (Lipinski definition) is 4. The third kappa shape index (κ3) is 2.03. The first-order valence-corrected chi connectivity index (χ1v) is 7.59. The number of amides is 1. The van der Waals surface area contributed by atoms with Gasteiger partial charge in [0.05, 0.1) is 6.42 Å². The van der Waals surface area contributed by atoms with Crippen molar-refractivity contribution in [1.29, 1.82) is 0 Å². The molecule has 1 N–H and O–H groups in total. The van der Waals surface area contributed by atoms with Crippen molar-refractivity contribution in [3.05, 3.63) is 30.0 Å². The topological polar surface area (TPSA) is 58.4 Å². The number of hydrogen-bond donors (Lipinski definition) is 1. The van der Waals surface area contributed by atoms with Gasteiger partial charge in [-0.25, -0.2) is 0 Å². The Morgan fingerprint density at radius 1 is 1.43 bits per heavy atom. The predicted octanol–water partition coefficient (Wildman–Crippen LogP) is 1.58. The van der Waals surface area contributed by atoms with Crippen molar-refractivity contribution in [2.24, 2.45) is 5.92 Å². The molecule has 1 aromatic carbocycles. The minimum absolute atomic E-state index is 0.165. The molecule has 4 rings (SSSR count). The molecular formula is C16H19N3O2. The maximum Gasteiger partial charge on any atom is 0.229 e. The largest absolute Gasteiger partial charge is 0.356 e. The van der Waals surface area contributed by atoms with Gasteiger partial charge in [0.1, 0.15) is 5.69 Å². The number of carbonyl (C=O) groups is 1. The third-order valence-corrected chi connectivity index (χ3v) is 4.84. The first-order chi connectivity index (χ1) is 10.2. The van der Waals surface area contributed by atoms with Crippen LogP contribution in [0.3, 0.4) is 0 Å². The molecular weight excluding hydrogens is 266 g/mol.